The molecule has 0 saturated carbocycles. The molecule has 0 atom stereocenters. The van der Waals surface area contributed by atoms with E-state index in [2.05, 4.69) is 46.8 Å². The van der Waals surface area contributed by atoms with Crippen LogP contribution in [0, 0.1) is 13.8 Å². The zero-order chi connectivity index (χ0) is 22.8. The molecule has 4 rings (SSSR count). The average molecular weight is 451 g/mol. The van der Waals surface area contributed by atoms with Crippen molar-refractivity contribution in [1.82, 2.24) is 15.6 Å². The fourth-order valence-corrected chi connectivity index (χ4v) is 4.24. The number of halogens is 3. The number of carbonyl (C=O) groups is 2. The van der Waals surface area contributed by atoms with Gasteiger partial charge in [0.2, 0.25) is 0 Å². The van der Waals surface area contributed by atoms with Gasteiger partial charge in [-0.3, -0.25) is 4.79 Å². The fraction of sp³-hybridized carbons (Fsp3) is 0.286. The summed E-state index contributed by atoms with van der Waals surface area (Å²) in [5.41, 5.74) is 5.97. The highest BCUT2D eigenvalue weighted by Gasteiger charge is 2.38. The van der Waals surface area contributed by atoms with Crippen LogP contribution in [-0.4, -0.2) is 28.1 Å². The van der Waals surface area contributed by atoms with Crippen LogP contribution in [0.25, 0.3) is 10.2 Å². The molecule has 3 heterocycles. The van der Waals surface area contributed by atoms with Gasteiger partial charge in [-0.1, -0.05) is 18.2 Å². The predicted octanol–water partition coefficient (Wildman–Crippen LogP) is 4.08. The molecule has 10 heteroatoms. The fourth-order valence-electron chi connectivity index (χ4n) is 3.17. The van der Waals surface area contributed by atoms with Crippen LogP contribution in [0.5, 0.6) is 0 Å². The SMILES string of the molecule is Cc1cc(C)c2cc(C(=O)NCc3ccc4c(c3)CNC4)sc2n1.O=C(O)C(F)(F)F. The van der Waals surface area contributed by atoms with Gasteiger partial charge in [0.05, 0.1) is 4.88 Å². The molecule has 1 aliphatic heterocycles. The van der Waals surface area contributed by atoms with Crippen molar-refractivity contribution in [3.8, 4) is 0 Å². The number of aryl methyl sites for hydroxylation is 2. The Bertz CT molecular complexity index is 1140. The van der Waals surface area contributed by atoms with Gasteiger partial charge in [-0.25, -0.2) is 9.78 Å². The van der Waals surface area contributed by atoms with Crippen LogP contribution in [0.4, 0.5) is 13.2 Å². The third-order valence-electron chi connectivity index (χ3n) is 4.66. The van der Waals surface area contributed by atoms with Crippen LogP contribution < -0.4 is 10.6 Å². The Balaban J connectivity index is 0.000000339. The maximum absolute atomic E-state index is 12.5. The summed E-state index contributed by atoms with van der Waals surface area (Å²) in [6.45, 7) is 6.44. The summed E-state index contributed by atoms with van der Waals surface area (Å²) in [6, 6.07) is 10.4. The molecule has 0 fully saturated rings. The van der Waals surface area contributed by atoms with E-state index in [0.29, 0.717) is 11.4 Å². The third-order valence-corrected chi connectivity index (χ3v) is 5.69. The minimum Gasteiger partial charge on any atom is -0.475 e. The van der Waals surface area contributed by atoms with Crippen LogP contribution in [0.1, 0.15) is 37.6 Å². The number of aliphatic carboxylic acids is 1. The summed E-state index contributed by atoms with van der Waals surface area (Å²) >= 11 is 1.46. The number of hydrogen-bond donors (Lipinski definition) is 3. The van der Waals surface area contributed by atoms with E-state index in [9.17, 15) is 18.0 Å². The summed E-state index contributed by atoms with van der Waals surface area (Å²) in [4.78, 5) is 27.5. The smallest absolute Gasteiger partial charge is 0.475 e. The van der Waals surface area contributed by atoms with Crippen molar-refractivity contribution in [1.29, 1.82) is 0 Å². The van der Waals surface area contributed by atoms with Gasteiger partial charge in [-0.2, -0.15) is 13.2 Å². The Morgan fingerprint density at radius 1 is 1.16 bits per heavy atom. The first-order chi connectivity index (χ1) is 14.5. The van der Waals surface area contributed by atoms with Gasteiger partial charge in [0.1, 0.15) is 4.83 Å². The standard InChI is InChI=1S/C19H19N3OS.C2HF3O2/c1-11-5-12(2)22-19-16(11)7-17(24-19)18(23)21-8-13-3-4-14-9-20-10-15(14)6-13;3-2(4,5)1(6)7/h3-7,20H,8-10H2,1-2H3,(H,21,23);(H,6,7). The molecule has 1 aliphatic rings. The van der Waals surface area contributed by atoms with Gasteiger partial charge in [-0.05, 0) is 48.2 Å². The molecule has 0 unspecified atom stereocenters. The second-order valence-electron chi connectivity index (χ2n) is 7.10. The Hall–Kier alpha value is -2.98. The average Bonchev–Trinajstić information content (AvgIpc) is 3.32. The van der Waals surface area contributed by atoms with Crippen LogP contribution in [-0.2, 0) is 24.4 Å². The Morgan fingerprint density at radius 2 is 1.84 bits per heavy atom. The topological polar surface area (TPSA) is 91.3 Å². The maximum atomic E-state index is 12.5. The minimum atomic E-state index is -5.08. The zero-order valence-electron chi connectivity index (χ0n) is 16.8. The first kappa shape index (κ1) is 22.7. The van der Waals surface area contributed by atoms with Crippen molar-refractivity contribution >= 4 is 33.4 Å². The summed E-state index contributed by atoms with van der Waals surface area (Å²) in [6.07, 6.45) is -5.08. The van der Waals surface area contributed by atoms with Crippen molar-refractivity contribution < 1.29 is 27.9 Å². The van der Waals surface area contributed by atoms with E-state index in [4.69, 9.17) is 9.90 Å². The van der Waals surface area contributed by atoms with E-state index >= 15 is 0 Å². The van der Waals surface area contributed by atoms with Crippen LogP contribution in [0.15, 0.2) is 30.3 Å². The zero-order valence-corrected chi connectivity index (χ0v) is 17.6. The number of benzene rings is 1. The number of amides is 1. The summed E-state index contributed by atoms with van der Waals surface area (Å²) < 4.78 is 31.7. The molecule has 6 nitrogen and oxygen atoms in total. The molecule has 0 saturated heterocycles. The van der Waals surface area contributed by atoms with E-state index in [1.54, 1.807) is 0 Å². The van der Waals surface area contributed by atoms with E-state index in [-0.39, 0.29) is 5.91 Å². The third kappa shape index (κ3) is 5.59. The lowest BCUT2D eigenvalue weighted by Crippen LogP contribution is -2.21. The number of carboxylic acids is 1. The molecule has 0 spiro atoms. The number of hydrogen-bond acceptors (Lipinski definition) is 5. The molecule has 0 bridgehead atoms. The molecule has 2 aromatic heterocycles. The van der Waals surface area contributed by atoms with Gasteiger partial charge in [-0.15, -0.1) is 11.3 Å². The van der Waals surface area contributed by atoms with Gasteiger partial charge in [0.25, 0.3) is 5.91 Å². The first-order valence-corrected chi connectivity index (χ1v) is 10.1. The van der Waals surface area contributed by atoms with Gasteiger partial charge >= 0.3 is 12.1 Å². The Morgan fingerprint density at radius 3 is 2.52 bits per heavy atom. The number of alkyl halides is 3. The van der Waals surface area contributed by atoms with E-state index in [1.165, 1.54) is 28.0 Å². The number of aromatic nitrogens is 1. The van der Waals surface area contributed by atoms with Crippen LogP contribution in [0.2, 0.25) is 0 Å². The number of nitrogens with zero attached hydrogens (tertiary/aromatic N) is 1. The summed E-state index contributed by atoms with van der Waals surface area (Å²) in [5.74, 6) is -2.79. The molecular formula is C21H20F3N3O3S. The van der Waals surface area contributed by atoms with Crippen molar-refractivity contribution in [3.63, 3.8) is 0 Å². The molecule has 1 aromatic carbocycles. The molecule has 0 radical (unpaired) electrons. The van der Waals surface area contributed by atoms with Crippen LogP contribution in [0.3, 0.4) is 0 Å². The highest BCUT2D eigenvalue weighted by Crippen LogP contribution is 2.27. The first-order valence-electron chi connectivity index (χ1n) is 9.32. The van der Waals surface area contributed by atoms with Crippen molar-refractivity contribution in [2.45, 2.75) is 39.7 Å². The molecule has 1 amide bonds. The number of rotatable bonds is 3. The Labute approximate surface area is 180 Å². The molecule has 3 N–H and O–H groups in total. The lowest BCUT2D eigenvalue weighted by atomic mass is 10.1. The number of fused-ring (bicyclic) bond motifs is 2. The molecule has 31 heavy (non-hydrogen) atoms. The number of carboxylic acid groups (broad SMARTS) is 1. The molecule has 3 aromatic rings. The summed E-state index contributed by atoms with van der Waals surface area (Å²) in [7, 11) is 0. The predicted molar refractivity (Wildman–Crippen MR) is 111 cm³/mol. The second-order valence-corrected chi connectivity index (χ2v) is 8.13. The summed E-state index contributed by atoms with van der Waals surface area (Å²) in [5, 5.41) is 14.6. The quantitative estimate of drug-likeness (QED) is 0.558. The lowest BCUT2D eigenvalue weighted by molar-refractivity contribution is -0.192. The number of thiophene rings is 1. The van der Waals surface area contributed by atoms with E-state index in [0.717, 1.165) is 34.6 Å². The van der Waals surface area contributed by atoms with Gasteiger partial charge in [0.15, 0.2) is 0 Å². The largest absolute Gasteiger partial charge is 0.490 e. The monoisotopic (exact) mass is 451 g/mol. The lowest BCUT2D eigenvalue weighted by Gasteiger charge is -2.06. The number of pyridine rings is 1. The minimum absolute atomic E-state index is 0.0336. The van der Waals surface area contributed by atoms with Crippen molar-refractivity contribution in [2.75, 3.05) is 0 Å². The molecule has 164 valence electrons. The maximum Gasteiger partial charge on any atom is 0.490 e. The van der Waals surface area contributed by atoms with Gasteiger partial charge in [0, 0.05) is 30.7 Å². The molecular weight excluding hydrogens is 431 g/mol. The van der Waals surface area contributed by atoms with Crippen molar-refractivity contribution in [3.05, 3.63) is 63.2 Å². The van der Waals surface area contributed by atoms with Crippen LogP contribution >= 0.6 is 11.3 Å². The molecule has 0 aliphatic carbocycles. The number of nitrogens with one attached hydrogen (secondary N) is 2. The van der Waals surface area contributed by atoms with E-state index in [1.807, 2.05) is 13.0 Å². The van der Waals surface area contributed by atoms with Crippen molar-refractivity contribution in [2.24, 2.45) is 0 Å². The highest BCUT2D eigenvalue weighted by atomic mass is 32.1. The highest BCUT2D eigenvalue weighted by molar-refractivity contribution is 7.20. The van der Waals surface area contributed by atoms with E-state index < -0.39 is 12.1 Å². The normalized spacial score (nSPS) is 12.8. The second kappa shape index (κ2) is 9.03. The van der Waals surface area contributed by atoms with Gasteiger partial charge < -0.3 is 15.7 Å². The number of carbonyl (C=O) groups excluding carboxylic acids is 1. The Kier molecular flexibility index (Phi) is 6.61.